The number of aromatic nitrogens is 4. The van der Waals surface area contributed by atoms with E-state index in [9.17, 15) is 0 Å². The molecule has 0 saturated heterocycles. The number of fused-ring (bicyclic) bond motifs is 1. The van der Waals surface area contributed by atoms with Gasteiger partial charge in [0.2, 0.25) is 0 Å². The molecule has 3 rings (SSSR count). The largest absolute Gasteiger partial charge is 0.367 e. The topological polar surface area (TPSA) is 55.6 Å². The monoisotopic (exact) mass is 281 g/mol. The van der Waals surface area contributed by atoms with Crippen molar-refractivity contribution >= 4 is 16.9 Å². The molecule has 0 aliphatic rings. The third-order valence-electron chi connectivity index (χ3n) is 3.62. The molecule has 0 amide bonds. The lowest BCUT2D eigenvalue weighted by atomic mass is 10.1. The number of aryl methyl sites for hydroxylation is 2. The Labute approximate surface area is 124 Å². The molecular formula is C16H19N5. The quantitative estimate of drug-likeness (QED) is 0.781. The van der Waals surface area contributed by atoms with Crippen molar-refractivity contribution in [3.63, 3.8) is 0 Å². The summed E-state index contributed by atoms with van der Waals surface area (Å²) in [4.78, 5) is 8.59. The van der Waals surface area contributed by atoms with Gasteiger partial charge in [-0.15, -0.1) is 0 Å². The first kappa shape index (κ1) is 13.5. The van der Waals surface area contributed by atoms with E-state index in [1.54, 1.807) is 11.0 Å². The van der Waals surface area contributed by atoms with E-state index in [-0.39, 0.29) is 0 Å². The van der Waals surface area contributed by atoms with Crippen molar-refractivity contribution in [3.8, 4) is 0 Å². The van der Waals surface area contributed by atoms with E-state index in [0.29, 0.717) is 6.04 Å². The lowest BCUT2D eigenvalue weighted by Gasteiger charge is -2.14. The average Bonchev–Trinajstić information content (AvgIpc) is 2.89. The molecule has 0 saturated carbocycles. The van der Waals surface area contributed by atoms with Gasteiger partial charge in [-0.25, -0.2) is 9.97 Å². The summed E-state index contributed by atoms with van der Waals surface area (Å²) in [5, 5.41) is 8.66. The number of rotatable bonds is 5. The average molecular weight is 281 g/mol. The van der Waals surface area contributed by atoms with Crippen LogP contribution in [0.5, 0.6) is 0 Å². The highest BCUT2D eigenvalue weighted by atomic mass is 15.3. The van der Waals surface area contributed by atoms with Gasteiger partial charge in [-0.2, -0.15) is 5.10 Å². The Morgan fingerprint density at radius 1 is 1.19 bits per heavy atom. The van der Waals surface area contributed by atoms with Crippen molar-refractivity contribution in [2.45, 2.75) is 25.8 Å². The number of nitrogens with zero attached hydrogens (tertiary/aromatic N) is 4. The normalized spacial score (nSPS) is 12.5. The minimum atomic E-state index is 0.337. The van der Waals surface area contributed by atoms with Crippen LogP contribution >= 0.6 is 0 Å². The number of nitrogens with one attached hydrogen (secondary N) is 1. The first-order chi connectivity index (χ1) is 10.2. The van der Waals surface area contributed by atoms with Crippen molar-refractivity contribution in [1.29, 1.82) is 0 Å². The molecule has 21 heavy (non-hydrogen) atoms. The van der Waals surface area contributed by atoms with E-state index < -0.39 is 0 Å². The summed E-state index contributed by atoms with van der Waals surface area (Å²) in [5.74, 6) is 0.855. The molecule has 108 valence electrons. The van der Waals surface area contributed by atoms with Crippen molar-refractivity contribution in [3.05, 3.63) is 48.4 Å². The van der Waals surface area contributed by atoms with Gasteiger partial charge >= 0.3 is 0 Å². The summed E-state index contributed by atoms with van der Waals surface area (Å²) in [6, 6.07) is 10.9. The van der Waals surface area contributed by atoms with Crippen LogP contribution in [-0.2, 0) is 13.5 Å². The molecule has 0 aliphatic carbocycles. The summed E-state index contributed by atoms with van der Waals surface area (Å²) < 4.78 is 1.76. The molecule has 2 heterocycles. The van der Waals surface area contributed by atoms with E-state index in [4.69, 9.17) is 0 Å². The van der Waals surface area contributed by atoms with Gasteiger partial charge in [0.15, 0.2) is 5.65 Å². The van der Waals surface area contributed by atoms with Gasteiger partial charge in [0.25, 0.3) is 0 Å². The summed E-state index contributed by atoms with van der Waals surface area (Å²) >= 11 is 0. The molecule has 1 N–H and O–H groups in total. The highest BCUT2D eigenvalue weighted by Crippen LogP contribution is 2.19. The Bertz CT molecular complexity index is 720. The van der Waals surface area contributed by atoms with Crippen molar-refractivity contribution in [1.82, 2.24) is 19.7 Å². The maximum atomic E-state index is 4.34. The second-order valence-corrected chi connectivity index (χ2v) is 5.30. The van der Waals surface area contributed by atoms with E-state index >= 15 is 0 Å². The molecular weight excluding hydrogens is 262 g/mol. The van der Waals surface area contributed by atoms with Gasteiger partial charge in [0.1, 0.15) is 12.1 Å². The van der Waals surface area contributed by atoms with E-state index in [1.165, 1.54) is 5.56 Å². The van der Waals surface area contributed by atoms with Crippen LogP contribution in [0.25, 0.3) is 11.0 Å². The SMILES string of the molecule is CC(CCc1ccccc1)Nc1ncnc2c1cnn2C. The zero-order valence-corrected chi connectivity index (χ0v) is 12.3. The fourth-order valence-corrected chi connectivity index (χ4v) is 2.41. The van der Waals surface area contributed by atoms with Crippen molar-refractivity contribution in [2.24, 2.45) is 7.05 Å². The molecule has 5 nitrogen and oxygen atoms in total. The maximum Gasteiger partial charge on any atom is 0.163 e. The highest BCUT2D eigenvalue weighted by Gasteiger charge is 2.10. The predicted molar refractivity (Wildman–Crippen MR) is 84.2 cm³/mol. The van der Waals surface area contributed by atoms with Crippen LogP contribution in [0.4, 0.5) is 5.82 Å². The van der Waals surface area contributed by atoms with Gasteiger partial charge in [-0.1, -0.05) is 30.3 Å². The van der Waals surface area contributed by atoms with Gasteiger partial charge in [0.05, 0.1) is 11.6 Å². The summed E-state index contributed by atoms with van der Waals surface area (Å²) in [7, 11) is 1.89. The number of benzene rings is 1. The molecule has 2 aromatic heterocycles. The van der Waals surface area contributed by atoms with Crippen molar-refractivity contribution < 1.29 is 0 Å². The molecule has 0 radical (unpaired) electrons. The van der Waals surface area contributed by atoms with Gasteiger partial charge in [-0.3, -0.25) is 4.68 Å². The Kier molecular flexibility index (Phi) is 3.81. The molecule has 0 fully saturated rings. The van der Waals surface area contributed by atoms with E-state index in [1.807, 2.05) is 19.3 Å². The lowest BCUT2D eigenvalue weighted by molar-refractivity contribution is 0.703. The fourth-order valence-electron chi connectivity index (χ4n) is 2.41. The fraction of sp³-hybridized carbons (Fsp3) is 0.312. The highest BCUT2D eigenvalue weighted by molar-refractivity contribution is 5.86. The molecule has 0 bridgehead atoms. The molecule has 1 aromatic carbocycles. The number of hydrogen-bond donors (Lipinski definition) is 1. The van der Waals surface area contributed by atoms with Crippen LogP contribution in [0, 0.1) is 0 Å². The predicted octanol–water partition coefficient (Wildman–Crippen LogP) is 2.80. The minimum Gasteiger partial charge on any atom is -0.367 e. The molecule has 0 aliphatic heterocycles. The van der Waals surface area contributed by atoms with Crippen LogP contribution in [0.3, 0.4) is 0 Å². The standard InChI is InChI=1S/C16H19N5/c1-12(8-9-13-6-4-3-5-7-13)20-15-14-10-19-21(2)16(14)18-11-17-15/h3-7,10-12H,8-9H2,1-2H3,(H,17,18,20). The van der Waals surface area contributed by atoms with Gasteiger partial charge < -0.3 is 5.32 Å². The zero-order valence-electron chi connectivity index (χ0n) is 12.3. The lowest BCUT2D eigenvalue weighted by Crippen LogP contribution is -2.17. The van der Waals surface area contributed by atoms with Crippen molar-refractivity contribution in [2.75, 3.05) is 5.32 Å². The smallest absolute Gasteiger partial charge is 0.163 e. The van der Waals surface area contributed by atoms with Gasteiger partial charge in [-0.05, 0) is 25.3 Å². The number of anilines is 1. The zero-order chi connectivity index (χ0) is 14.7. The van der Waals surface area contributed by atoms with E-state index in [0.717, 1.165) is 29.7 Å². The third kappa shape index (κ3) is 3.02. The van der Waals surface area contributed by atoms with Crippen LogP contribution in [0.15, 0.2) is 42.9 Å². The molecule has 0 spiro atoms. The Hall–Kier alpha value is -2.43. The molecule has 5 heteroatoms. The maximum absolute atomic E-state index is 4.34. The Morgan fingerprint density at radius 3 is 2.81 bits per heavy atom. The summed E-state index contributed by atoms with van der Waals surface area (Å²) in [6.45, 7) is 2.17. The van der Waals surface area contributed by atoms with Crippen LogP contribution in [0.1, 0.15) is 18.9 Å². The van der Waals surface area contributed by atoms with Crippen LogP contribution in [0.2, 0.25) is 0 Å². The summed E-state index contributed by atoms with van der Waals surface area (Å²) in [5.41, 5.74) is 2.21. The Balaban J connectivity index is 1.67. The third-order valence-corrected chi connectivity index (χ3v) is 3.62. The number of hydrogen-bond acceptors (Lipinski definition) is 4. The molecule has 3 aromatic rings. The Morgan fingerprint density at radius 2 is 2.00 bits per heavy atom. The second kappa shape index (κ2) is 5.91. The van der Waals surface area contributed by atoms with Gasteiger partial charge in [0, 0.05) is 13.1 Å². The first-order valence-electron chi connectivity index (χ1n) is 7.17. The van der Waals surface area contributed by atoms with E-state index in [2.05, 4.69) is 51.6 Å². The van der Waals surface area contributed by atoms with Crippen LogP contribution < -0.4 is 5.32 Å². The first-order valence-corrected chi connectivity index (χ1v) is 7.17. The van der Waals surface area contributed by atoms with Crippen LogP contribution in [-0.4, -0.2) is 25.8 Å². The molecule has 1 atom stereocenters. The second-order valence-electron chi connectivity index (χ2n) is 5.30. The summed E-state index contributed by atoms with van der Waals surface area (Å²) in [6.07, 6.45) is 5.49. The minimum absolute atomic E-state index is 0.337. The molecule has 1 unspecified atom stereocenters.